The van der Waals surface area contributed by atoms with Gasteiger partial charge in [0, 0.05) is 0 Å². The number of carbonyl (C=O) groups is 1. The number of allylic oxidation sites excluding steroid dienone is 1. The van der Waals surface area contributed by atoms with Crippen molar-refractivity contribution in [2.24, 2.45) is 11.8 Å². The fraction of sp³-hybridized carbons (Fsp3) is 0.750. The molecular weight excluding hydrogens is 295 g/mol. The fourth-order valence-electron chi connectivity index (χ4n) is 2.79. The van der Waals surface area contributed by atoms with E-state index < -0.39 is 18.4 Å². The number of rotatable bonds is 1. The van der Waals surface area contributed by atoms with Crippen LogP contribution in [0.15, 0.2) is 12.3 Å². The van der Waals surface area contributed by atoms with E-state index in [4.69, 9.17) is 4.74 Å². The van der Waals surface area contributed by atoms with Crippen LogP contribution in [0.25, 0.3) is 0 Å². The monoisotopic (exact) mass is 316 g/mol. The van der Waals surface area contributed by atoms with Gasteiger partial charge in [0.25, 0.3) is 0 Å². The van der Waals surface area contributed by atoms with E-state index in [2.05, 4.69) is 20.9 Å². The molecule has 0 bridgehead atoms. The van der Waals surface area contributed by atoms with Crippen LogP contribution in [0.4, 0.5) is 0 Å². The molecule has 0 aromatic rings. The summed E-state index contributed by atoms with van der Waals surface area (Å²) in [5.74, 6) is 0.644. The Morgan fingerprint density at radius 3 is 2.73 bits per heavy atom. The Morgan fingerprint density at radius 2 is 2.07 bits per heavy atom. The van der Waals surface area contributed by atoms with Crippen molar-refractivity contribution < 1.29 is 9.53 Å². The molecule has 84 valence electrons. The van der Waals surface area contributed by atoms with E-state index >= 15 is 0 Å². The van der Waals surface area contributed by atoms with Gasteiger partial charge in [0.1, 0.15) is 0 Å². The van der Waals surface area contributed by atoms with Gasteiger partial charge in [-0.1, -0.05) is 0 Å². The van der Waals surface area contributed by atoms with Crippen LogP contribution in [0, 0.1) is 11.8 Å². The minimum atomic E-state index is -1.76. The zero-order chi connectivity index (χ0) is 11.1. The molecule has 2 rings (SSSR count). The van der Waals surface area contributed by atoms with E-state index in [1.807, 2.05) is 0 Å². The van der Waals surface area contributed by atoms with Gasteiger partial charge in [-0.2, -0.15) is 0 Å². The second-order valence-corrected chi connectivity index (χ2v) is 21.7. The van der Waals surface area contributed by atoms with Crippen molar-refractivity contribution in [2.45, 2.75) is 38.0 Å². The number of ether oxygens (including phenoxy) is 1. The van der Waals surface area contributed by atoms with Crippen LogP contribution in [0.3, 0.4) is 0 Å². The molecule has 15 heavy (non-hydrogen) atoms. The topological polar surface area (TPSA) is 26.3 Å². The van der Waals surface area contributed by atoms with Crippen molar-refractivity contribution in [3.8, 4) is 0 Å². The van der Waals surface area contributed by atoms with E-state index in [0.717, 1.165) is 10.4 Å². The second-order valence-electron chi connectivity index (χ2n) is 5.91. The Morgan fingerprint density at radius 1 is 1.33 bits per heavy atom. The number of hydrogen-bond acceptors (Lipinski definition) is 2. The van der Waals surface area contributed by atoms with Gasteiger partial charge in [-0.25, -0.2) is 0 Å². The molecule has 0 aromatic carbocycles. The van der Waals surface area contributed by atoms with Crippen molar-refractivity contribution in [2.75, 3.05) is 0 Å². The number of hydrogen-bond donors (Lipinski definition) is 0. The van der Waals surface area contributed by atoms with Crippen LogP contribution in [0.1, 0.15) is 19.3 Å². The summed E-state index contributed by atoms with van der Waals surface area (Å²) in [6, 6.07) is 0. The predicted octanol–water partition coefficient (Wildman–Crippen LogP) is 3.18. The van der Waals surface area contributed by atoms with Gasteiger partial charge in [0.05, 0.1) is 0 Å². The first-order chi connectivity index (χ1) is 6.98. The Bertz CT molecular complexity index is 290. The summed E-state index contributed by atoms with van der Waals surface area (Å²) in [6.45, 7) is 0. The summed E-state index contributed by atoms with van der Waals surface area (Å²) < 4.78 is 5.91. The quantitative estimate of drug-likeness (QED) is 0.549. The SMILES string of the molecule is [CH3][Sn]([CH3])([CH3])[CH]1CCC2C(=O)OC=CC2C1. The van der Waals surface area contributed by atoms with Crippen molar-refractivity contribution in [1.29, 1.82) is 0 Å². The number of fused-ring (bicyclic) bond motifs is 1. The molecule has 2 nitrogen and oxygen atoms in total. The summed E-state index contributed by atoms with van der Waals surface area (Å²) in [6.07, 6.45) is 7.24. The molecule has 3 heteroatoms. The molecule has 1 aliphatic heterocycles. The van der Waals surface area contributed by atoms with Gasteiger partial charge in [-0.15, -0.1) is 0 Å². The van der Waals surface area contributed by atoms with Crippen LogP contribution >= 0.6 is 0 Å². The average Bonchev–Trinajstić information content (AvgIpc) is 2.16. The molecular formula is C12H20O2Sn. The van der Waals surface area contributed by atoms with Crippen LogP contribution in [-0.2, 0) is 9.53 Å². The van der Waals surface area contributed by atoms with E-state index in [1.54, 1.807) is 6.26 Å². The molecule has 3 atom stereocenters. The third kappa shape index (κ3) is 2.40. The average molecular weight is 315 g/mol. The molecule has 0 radical (unpaired) electrons. The maximum absolute atomic E-state index is 11.5. The fourth-order valence-corrected chi connectivity index (χ4v) is 8.53. The maximum atomic E-state index is 11.5. The van der Waals surface area contributed by atoms with Gasteiger partial charge in [-0.05, 0) is 0 Å². The minimum absolute atomic E-state index is 0.00468. The summed E-state index contributed by atoms with van der Waals surface area (Å²) in [7, 11) is 0. The number of carbonyl (C=O) groups excluding carboxylic acids is 1. The van der Waals surface area contributed by atoms with E-state index in [1.165, 1.54) is 12.8 Å². The molecule has 0 saturated heterocycles. The standard InChI is InChI=1S/C9H11O2.3CH3.Sn/c10-9-8-4-2-1-3-7(8)5-6-11-9;;;;/h1,5-8H,2-4H2;3*1H3;. The van der Waals surface area contributed by atoms with Crippen LogP contribution < -0.4 is 0 Å². The zero-order valence-corrected chi connectivity index (χ0v) is 12.7. The Hall–Kier alpha value is 0.00870. The molecule has 2 aliphatic rings. The first-order valence-electron chi connectivity index (χ1n) is 5.85. The van der Waals surface area contributed by atoms with Gasteiger partial charge in [0.15, 0.2) is 0 Å². The van der Waals surface area contributed by atoms with Crippen molar-refractivity contribution >= 4 is 24.3 Å². The van der Waals surface area contributed by atoms with E-state index in [0.29, 0.717) is 5.92 Å². The molecule has 0 N–H and O–H groups in total. The third-order valence-electron chi connectivity index (χ3n) is 3.94. The first-order valence-corrected chi connectivity index (χ1v) is 16.1. The van der Waals surface area contributed by atoms with E-state index in [-0.39, 0.29) is 11.9 Å². The normalized spacial score (nSPS) is 35.9. The van der Waals surface area contributed by atoms with Gasteiger partial charge >= 0.3 is 96.1 Å². The molecule has 0 amide bonds. The molecule has 0 aromatic heterocycles. The summed E-state index contributed by atoms with van der Waals surface area (Å²) in [4.78, 5) is 19.0. The Balaban J connectivity index is 2.09. The predicted molar refractivity (Wildman–Crippen MR) is 63.2 cm³/mol. The molecule has 1 heterocycles. The van der Waals surface area contributed by atoms with Crippen LogP contribution in [0.2, 0.25) is 18.8 Å². The van der Waals surface area contributed by atoms with Crippen LogP contribution in [0.5, 0.6) is 0 Å². The summed E-state index contributed by atoms with van der Waals surface area (Å²) >= 11 is -1.76. The van der Waals surface area contributed by atoms with Crippen molar-refractivity contribution in [3.63, 3.8) is 0 Å². The number of esters is 1. The van der Waals surface area contributed by atoms with Gasteiger partial charge in [-0.3, -0.25) is 0 Å². The van der Waals surface area contributed by atoms with Gasteiger partial charge in [0.2, 0.25) is 0 Å². The van der Waals surface area contributed by atoms with E-state index in [9.17, 15) is 4.79 Å². The molecule has 1 aliphatic carbocycles. The summed E-state index contributed by atoms with van der Waals surface area (Å²) in [5.41, 5.74) is 0. The zero-order valence-electron chi connectivity index (χ0n) is 9.82. The van der Waals surface area contributed by atoms with Crippen molar-refractivity contribution in [3.05, 3.63) is 12.3 Å². The Labute approximate surface area is 95.9 Å². The molecule has 0 spiro atoms. The molecule has 3 unspecified atom stereocenters. The summed E-state index contributed by atoms with van der Waals surface area (Å²) in [5, 5.41) is 0. The Kier molecular flexibility index (Phi) is 3.15. The molecule has 1 saturated carbocycles. The number of cyclic esters (lactones) is 1. The first kappa shape index (κ1) is 11.5. The van der Waals surface area contributed by atoms with Crippen LogP contribution in [-0.4, -0.2) is 24.3 Å². The third-order valence-corrected chi connectivity index (χ3v) is 12.4. The molecule has 1 fully saturated rings. The van der Waals surface area contributed by atoms with Gasteiger partial charge < -0.3 is 0 Å². The van der Waals surface area contributed by atoms with Crippen molar-refractivity contribution in [1.82, 2.24) is 0 Å². The second kappa shape index (κ2) is 4.11.